The first kappa shape index (κ1) is 26.3. The molecule has 1 aromatic heterocycles. The number of fused-ring (bicyclic) bond motifs is 1. The van der Waals surface area contributed by atoms with E-state index in [-0.39, 0.29) is 35.2 Å². The predicted octanol–water partition coefficient (Wildman–Crippen LogP) is 5.56. The molecule has 0 unspecified atom stereocenters. The summed E-state index contributed by atoms with van der Waals surface area (Å²) in [6, 6.07) is 12.9. The zero-order chi connectivity index (χ0) is 25.4. The molecule has 2 amide bonds. The SMILES string of the molecule is CC(C)C[C@H](Nc1ccccc1)C(=O)NCCCC(=O)Nc1nc2ccc(OC(F)(F)F)cc2s1. The Morgan fingerprint density at radius 3 is 2.54 bits per heavy atom. The maximum atomic E-state index is 12.7. The molecule has 0 aliphatic rings. The van der Waals surface area contributed by atoms with Gasteiger partial charge in [-0.2, -0.15) is 0 Å². The van der Waals surface area contributed by atoms with Crippen LogP contribution in [0.3, 0.4) is 0 Å². The zero-order valence-electron chi connectivity index (χ0n) is 19.3. The third-order valence-corrected chi connectivity index (χ3v) is 5.79. The lowest BCUT2D eigenvalue weighted by Crippen LogP contribution is -2.41. The molecule has 188 valence electrons. The fourth-order valence-electron chi connectivity index (χ4n) is 3.36. The number of halogens is 3. The fourth-order valence-corrected chi connectivity index (χ4v) is 4.27. The van der Waals surface area contributed by atoms with Crippen molar-refractivity contribution in [3.63, 3.8) is 0 Å². The summed E-state index contributed by atoms with van der Waals surface area (Å²) in [6.07, 6.45) is -3.54. The summed E-state index contributed by atoms with van der Waals surface area (Å²) >= 11 is 1.05. The maximum absolute atomic E-state index is 12.7. The Bertz CT molecular complexity index is 1140. The molecular weight excluding hydrogens is 481 g/mol. The number of hydrogen-bond acceptors (Lipinski definition) is 6. The number of para-hydroxylation sites is 1. The molecule has 0 saturated heterocycles. The van der Waals surface area contributed by atoms with Crippen LogP contribution in [0.1, 0.15) is 33.1 Å². The van der Waals surface area contributed by atoms with Crippen LogP contribution in [-0.2, 0) is 9.59 Å². The van der Waals surface area contributed by atoms with Gasteiger partial charge in [0.15, 0.2) is 5.13 Å². The molecule has 0 radical (unpaired) electrons. The van der Waals surface area contributed by atoms with E-state index in [0.29, 0.717) is 35.5 Å². The van der Waals surface area contributed by atoms with Crippen LogP contribution in [0.5, 0.6) is 5.75 Å². The third kappa shape index (κ3) is 8.75. The van der Waals surface area contributed by atoms with E-state index in [1.807, 2.05) is 44.2 Å². The Balaban J connectivity index is 1.46. The van der Waals surface area contributed by atoms with Crippen molar-refractivity contribution in [3.8, 4) is 5.75 Å². The van der Waals surface area contributed by atoms with Gasteiger partial charge in [0.05, 0.1) is 10.2 Å². The van der Waals surface area contributed by atoms with E-state index in [0.717, 1.165) is 17.0 Å². The number of anilines is 2. The van der Waals surface area contributed by atoms with Crippen molar-refractivity contribution < 1.29 is 27.5 Å². The first-order valence-electron chi connectivity index (χ1n) is 11.1. The molecule has 0 aliphatic carbocycles. The molecular formula is C24H27F3N4O3S. The second-order valence-electron chi connectivity index (χ2n) is 8.33. The van der Waals surface area contributed by atoms with Crippen LogP contribution in [0.15, 0.2) is 48.5 Å². The molecule has 1 heterocycles. The van der Waals surface area contributed by atoms with E-state index in [1.165, 1.54) is 18.2 Å². The lowest BCUT2D eigenvalue weighted by atomic mass is 10.0. The van der Waals surface area contributed by atoms with E-state index in [9.17, 15) is 22.8 Å². The van der Waals surface area contributed by atoms with Crippen molar-refractivity contribution in [3.05, 3.63) is 48.5 Å². The van der Waals surface area contributed by atoms with E-state index in [1.54, 1.807) is 0 Å². The van der Waals surface area contributed by atoms with Crippen molar-refractivity contribution in [1.82, 2.24) is 10.3 Å². The summed E-state index contributed by atoms with van der Waals surface area (Å²) in [5.74, 6) is -0.463. The second-order valence-corrected chi connectivity index (χ2v) is 9.36. The number of nitrogens with zero attached hydrogens (tertiary/aromatic N) is 1. The number of benzene rings is 2. The van der Waals surface area contributed by atoms with Crippen LogP contribution in [0.4, 0.5) is 24.0 Å². The lowest BCUT2D eigenvalue weighted by Gasteiger charge is -2.21. The summed E-state index contributed by atoms with van der Waals surface area (Å²) in [7, 11) is 0. The molecule has 3 rings (SSSR count). The van der Waals surface area contributed by atoms with Crippen molar-refractivity contribution in [2.75, 3.05) is 17.2 Å². The molecule has 1 atom stereocenters. The van der Waals surface area contributed by atoms with Crippen molar-refractivity contribution in [2.24, 2.45) is 5.92 Å². The van der Waals surface area contributed by atoms with Gasteiger partial charge < -0.3 is 20.7 Å². The minimum Gasteiger partial charge on any atom is -0.406 e. The molecule has 11 heteroatoms. The van der Waals surface area contributed by atoms with Gasteiger partial charge in [0.1, 0.15) is 11.8 Å². The number of ether oxygens (including phenoxy) is 1. The fraction of sp³-hybridized carbons (Fsp3) is 0.375. The van der Waals surface area contributed by atoms with Crippen LogP contribution in [0.25, 0.3) is 10.2 Å². The Hall–Kier alpha value is -3.34. The van der Waals surface area contributed by atoms with E-state index < -0.39 is 6.36 Å². The molecule has 3 aromatic rings. The Labute approximate surface area is 205 Å². The Morgan fingerprint density at radius 1 is 1.11 bits per heavy atom. The van der Waals surface area contributed by atoms with Crippen LogP contribution < -0.4 is 20.7 Å². The standard InChI is InChI=1S/C24H27F3N4O3S/c1-15(2)13-19(29-16-7-4-3-5-8-16)22(33)28-12-6-9-21(32)31-23-30-18-11-10-17(14-20(18)35-23)34-24(25,26)27/h3-5,7-8,10-11,14-15,19,29H,6,9,12-13H2,1-2H3,(H,28,33)(H,30,31,32)/t19-/m0/s1. The molecule has 2 aromatic carbocycles. The first-order valence-corrected chi connectivity index (χ1v) is 12.0. The van der Waals surface area contributed by atoms with Gasteiger partial charge in [0.25, 0.3) is 0 Å². The van der Waals surface area contributed by atoms with Crippen molar-refractivity contribution in [1.29, 1.82) is 0 Å². The summed E-state index contributed by atoms with van der Waals surface area (Å²) in [5.41, 5.74) is 1.31. The zero-order valence-corrected chi connectivity index (χ0v) is 20.1. The summed E-state index contributed by atoms with van der Waals surface area (Å²) < 4.78 is 41.5. The lowest BCUT2D eigenvalue weighted by molar-refractivity contribution is -0.274. The van der Waals surface area contributed by atoms with Gasteiger partial charge in [-0.15, -0.1) is 13.2 Å². The van der Waals surface area contributed by atoms with Gasteiger partial charge in [0, 0.05) is 24.7 Å². The summed E-state index contributed by atoms with van der Waals surface area (Å²) in [4.78, 5) is 29.1. The van der Waals surface area contributed by atoms with Crippen LogP contribution in [0.2, 0.25) is 0 Å². The molecule has 3 N–H and O–H groups in total. The second kappa shape index (κ2) is 11.9. The smallest absolute Gasteiger partial charge is 0.406 e. The summed E-state index contributed by atoms with van der Waals surface area (Å²) in [6.45, 7) is 4.42. The van der Waals surface area contributed by atoms with Gasteiger partial charge in [-0.1, -0.05) is 43.4 Å². The van der Waals surface area contributed by atoms with Gasteiger partial charge in [-0.05, 0) is 43.0 Å². The average Bonchev–Trinajstić information content (AvgIpc) is 3.16. The number of amides is 2. The molecule has 0 saturated carbocycles. The molecule has 35 heavy (non-hydrogen) atoms. The average molecular weight is 509 g/mol. The predicted molar refractivity (Wildman–Crippen MR) is 130 cm³/mol. The molecule has 7 nitrogen and oxygen atoms in total. The largest absolute Gasteiger partial charge is 0.573 e. The molecule has 0 fully saturated rings. The monoisotopic (exact) mass is 508 g/mol. The van der Waals surface area contributed by atoms with Gasteiger partial charge >= 0.3 is 6.36 Å². The number of nitrogens with one attached hydrogen (secondary N) is 3. The summed E-state index contributed by atoms with van der Waals surface area (Å²) in [5, 5.41) is 9.05. The van der Waals surface area contributed by atoms with Crippen LogP contribution in [0, 0.1) is 5.92 Å². The topological polar surface area (TPSA) is 92.4 Å². The van der Waals surface area contributed by atoms with Crippen LogP contribution in [-0.4, -0.2) is 35.7 Å². The first-order chi connectivity index (χ1) is 16.6. The van der Waals surface area contributed by atoms with Crippen LogP contribution >= 0.6 is 11.3 Å². The number of alkyl halides is 3. The maximum Gasteiger partial charge on any atom is 0.573 e. The number of carbonyl (C=O) groups is 2. The molecule has 0 bridgehead atoms. The molecule has 0 spiro atoms. The number of aromatic nitrogens is 1. The van der Waals surface area contributed by atoms with Gasteiger partial charge in [-0.25, -0.2) is 4.98 Å². The van der Waals surface area contributed by atoms with E-state index in [2.05, 4.69) is 25.7 Å². The number of hydrogen-bond donors (Lipinski definition) is 3. The normalized spacial score (nSPS) is 12.4. The van der Waals surface area contributed by atoms with E-state index >= 15 is 0 Å². The highest BCUT2D eigenvalue weighted by atomic mass is 32.1. The number of thiazole rings is 1. The van der Waals surface area contributed by atoms with Gasteiger partial charge in [-0.3, -0.25) is 9.59 Å². The minimum atomic E-state index is -4.78. The number of rotatable bonds is 11. The minimum absolute atomic E-state index is 0.133. The Kier molecular flexibility index (Phi) is 8.91. The van der Waals surface area contributed by atoms with E-state index in [4.69, 9.17) is 0 Å². The van der Waals surface area contributed by atoms with Crippen molar-refractivity contribution >= 4 is 44.2 Å². The highest BCUT2D eigenvalue weighted by Gasteiger charge is 2.31. The Morgan fingerprint density at radius 2 is 1.86 bits per heavy atom. The highest BCUT2D eigenvalue weighted by Crippen LogP contribution is 2.31. The van der Waals surface area contributed by atoms with Gasteiger partial charge in [0.2, 0.25) is 11.8 Å². The quantitative estimate of drug-likeness (QED) is 0.295. The highest BCUT2D eigenvalue weighted by molar-refractivity contribution is 7.22. The molecule has 0 aliphatic heterocycles. The number of carbonyl (C=O) groups excluding carboxylic acids is 2. The van der Waals surface area contributed by atoms with Crippen molar-refractivity contribution in [2.45, 2.75) is 45.5 Å². The third-order valence-electron chi connectivity index (χ3n) is 4.86.